The number of nitriles is 1. The van der Waals surface area contributed by atoms with Gasteiger partial charge in [0.1, 0.15) is 11.1 Å². The molecule has 1 aromatic carbocycles. The largest absolute Gasteiger partial charge is 0.389 e. The number of aromatic nitrogens is 3. The van der Waals surface area contributed by atoms with Crippen LogP contribution in [0.1, 0.15) is 30.5 Å². The third-order valence-electron chi connectivity index (χ3n) is 7.00. The number of hydrogen-bond donors (Lipinski definition) is 1. The lowest BCUT2D eigenvalue weighted by atomic mass is 9.94. The Morgan fingerprint density at radius 1 is 1.21 bits per heavy atom. The standard InChI is InChI=1S/C24H20ClFN6OS/c1-10-6-32(7-11(10)2)24-30-4-13-14-8-33-9-15(14)17(19(25)20(13)31-24)21-18-12(3-27)23(28)34-22(18)16(26)5-29-21/h4-5,10-11H,6-9,28H2,1-2H3. The van der Waals surface area contributed by atoms with Crippen molar-refractivity contribution in [1.29, 1.82) is 5.26 Å². The van der Waals surface area contributed by atoms with Gasteiger partial charge < -0.3 is 15.4 Å². The first-order valence-corrected chi connectivity index (χ1v) is 12.2. The Balaban J connectivity index is 1.65. The molecule has 0 bridgehead atoms. The van der Waals surface area contributed by atoms with Crippen molar-refractivity contribution < 1.29 is 9.13 Å². The van der Waals surface area contributed by atoms with Crippen LogP contribution in [0.15, 0.2) is 12.4 Å². The highest BCUT2D eigenvalue weighted by Gasteiger charge is 2.31. The van der Waals surface area contributed by atoms with Crippen molar-refractivity contribution in [3.8, 4) is 17.3 Å². The number of hydrogen-bond acceptors (Lipinski definition) is 8. The van der Waals surface area contributed by atoms with Crippen LogP contribution < -0.4 is 10.6 Å². The third kappa shape index (κ3) is 2.99. The van der Waals surface area contributed by atoms with Gasteiger partial charge in [0.25, 0.3) is 0 Å². The van der Waals surface area contributed by atoms with Gasteiger partial charge in [-0.3, -0.25) is 4.98 Å². The molecule has 6 rings (SSSR count). The highest BCUT2D eigenvalue weighted by atomic mass is 35.5. The molecular weight excluding hydrogens is 475 g/mol. The van der Waals surface area contributed by atoms with Crippen LogP contribution >= 0.6 is 22.9 Å². The zero-order valence-electron chi connectivity index (χ0n) is 18.5. The average molecular weight is 495 g/mol. The number of rotatable bonds is 2. The van der Waals surface area contributed by atoms with E-state index in [0.717, 1.165) is 47.1 Å². The van der Waals surface area contributed by atoms with Crippen molar-refractivity contribution in [2.24, 2.45) is 11.8 Å². The second kappa shape index (κ2) is 7.73. The van der Waals surface area contributed by atoms with Gasteiger partial charge in [-0.25, -0.2) is 14.4 Å². The number of benzene rings is 1. The lowest BCUT2D eigenvalue weighted by Gasteiger charge is -2.18. The molecule has 10 heteroatoms. The summed E-state index contributed by atoms with van der Waals surface area (Å²) in [5.74, 6) is 1.20. The summed E-state index contributed by atoms with van der Waals surface area (Å²) in [4.78, 5) is 16.1. The Morgan fingerprint density at radius 2 is 1.94 bits per heavy atom. The smallest absolute Gasteiger partial charge is 0.225 e. The van der Waals surface area contributed by atoms with Crippen molar-refractivity contribution in [2.45, 2.75) is 27.1 Å². The molecule has 0 aliphatic carbocycles. The predicted molar refractivity (Wildman–Crippen MR) is 131 cm³/mol. The molecule has 0 spiro atoms. The molecule has 172 valence electrons. The first-order chi connectivity index (χ1) is 16.4. The van der Waals surface area contributed by atoms with Gasteiger partial charge in [0.2, 0.25) is 5.95 Å². The van der Waals surface area contributed by atoms with Crippen LogP contribution in [0.4, 0.5) is 15.3 Å². The van der Waals surface area contributed by atoms with Crippen LogP contribution in [0.25, 0.3) is 32.2 Å². The van der Waals surface area contributed by atoms with Crippen LogP contribution in [0.3, 0.4) is 0 Å². The minimum absolute atomic E-state index is 0.203. The maximum absolute atomic E-state index is 14.6. The molecule has 2 N–H and O–H groups in total. The number of thiophene rings is 1. The van der Waals surface area contributed by atoms with E-state index in [1.807, 2.05) is 6.20 Å². The predicted octanol–water partition coefficient (Wildman–Crippen LogP) is 5.28. The summed E-state index contributed by atoms with van der Waals surface area (Å²) in [7, 11) is 0. The highest BCUT2D eigenvalue weighted by molar-refractivity contribution is 7.23. The molecule has 0 amide bonds. The number of fused-ring (bicyclic) bond motifs is 4. The fourth-order valence-electron chi connectivity index (χ4n) is 4.98. The Kier molecular flexibility index (Phi) is 4.88. The van der Waals surface area contributed by atoms with Crippen molar-refractivity contribution in [3.63, 3.8) is 0 Å². The van der Waals surface area contributed by atoms with Crippen molar-refractivity contribution in [1.82, 2.24) is 15.0 Å². The van der Waals surface area contributed by atoms with Gasteiger partial charge >= 0.3 is 0 Å². The maximum atomic E-state index is 14.6. The molecule has 1 fully saturated rings. The highest BCUT2D eigenvalue weighted by Crippen LogP contribution is 2.47. The summed E-state index contributed by atoms with van der Waals surface area (Å²) in [6.07, 6.45) is 2.96. The van der Waals surface area contributed by atoms with Gasteiger partial charge in [0.05, 0.1) is 45.9 Å². The van der Waals surface area contributed by atoms with E-state index >= 15 is 0 Å². The van der Waals surface area contributed by atoms with Gasteiger partial charge in [-0.1, -0.05) is 25.4 Å². The van der Waals surface area contributed by atoms with E-state index in [4.69, 9.17) is 27.1 Å². The summed E-state index contributed by atoms with van der Waals surface area (Å²) in [6.45, 7) is 6.93. The van der Waals surface area contributed by atoms with Crippen molar-refractivity contribution in [2.75, 3.05) is 23.7 Å². The first kappa shape index (κ1) is 21.5. The molecule has 3 aromatic heterocycles. The van der Waals surface area contributed by atoms with Gasteiger partial charge in [-0.05, 0) is 23.0 Å². The van der Waals surface area contributed by atoms with Gasteiger partial charge in [0.15, 0.2) is 5.82 Å². The van der Waals surface area contributed by atoms with Crippen LogP contribution in [-0.4, -0.2) is 28.0 Å². The van der Waals surface area contributed by atoms with Crippen molar-refractivity contribution >= 4 is 54.9 Å². The fourth-order valence-corrected chi connectivity index (χ4v) is 6.25. The zero-order chi connectivity index (χ0) is 23.7. The zero-order valence-corrected chi connectivity index (χ0v) is 20.1. The molecule has 2 unspecified atom stereocenters. The molecule has 5 heterocycles. The van der Waals surface area contributed by atoms with Crippen LogP contribution in [0.5, 0.6) is 0 Å². The fraction of sp³-hybridized carbons (Fsp3) is 0.333. The molecule has 0 radical (unpaired) electrons. The number of nitrogen functional groups attached to an aromatic ring is 1. The maximum Gasteiger partial charge on any atom is 0.225 e. The van der Waals surface area contributed by atoms with Gasteiger partial charge in [0, 0.05) is 35.6 Å². The summed E-state index contributed by atoms with van der Waals surface area (Å²) in [6, 6.07) is 2.11. The molecule has 4 aromatic rings. The molecule has 2 aliphatic heterocycles. The molecule has 7 nitrogen and oxygen atoms in total. The molecule has 2 aliphatic rings. The first-order valence-electron chi connectivity index (χ1n) is 11.0. The lowest BCUT2D eigenvalue weighted by molar-refractivity contribution is 0.135. The Hall–Kier alpha value is -3.06. The van der Waals surface area contributed by atoms with Gasteiger partial charge in [-0.2, -0.15) is 5.26 Å². The normalized spacial score (nSPS) is 19.8. The summed E-state index contributed by atoms with van der Waals surface area (Å²) in [5, 5.41) is 11.6. The Labute approximate surface area is 203 Å². The number of anilines is 2. The third-order valence-corrected chi connectivity index (χ3v) is 8.40. The van der Waals surface area contributed by atoms with Gasteiger partial charge in [-0.15, -0.1) is 11.3 Å². The summed E-state index contributed by atoms with van der Waals surface area (Å²) < 4.78 is 20.7. The molecular formula is C24H20ClFN6OS. The van der Waals surface area contributed by atoms with Crippen molar-refractivity contribution in [3.05, 3.63) is 39.9 Å². The minimum Gasteiger partial charge on any atom is -0.389 e. The quantitative estimate of drug-likeness (QED) is 0.404. The van der Waals surface area contributed by atoms with E-state index in [-0.39, 0.29) is 15.3 Å². The van der Waals surface area contributed by atoms with Crippen LogP contribution in [-0.2, 0) is 18.0 Å². The number of ether oxygens (including phenoxy) is 1. The molecule has 1 saturated heterocycles. The molecule has 34 heavy (non-hydrogen) atoms. The lowest BCUT2D eigenvalue weighted by Crippen LogP contribution is -2.22. The number of halogens is 2. The van der Waals surface area contributed by atoms with Crippen LogP contribution in [0.2, 0.25) is 5.02 Å². The Morgan fingerprint density at radius 3 is 2.68 bits per heavy atom. The molecule has 0 saturated carbocycles. The molecule has 2 atom stereocenters. The monoisotopic (exact) mass is 494 g/mol. The van der Waals surface area contributed by atoms with E-state index in [0.29, 0.717) is 58.2 Å². The van der Waals surface area contributed by atoms with E-state index in [2.05, 4.69) is 34.8 Å². The number of nitrogens with zero attached hydrogens (tertiary/aromatic N) is 5. The number of pyridine rings is 1. The second-order valence-corrected chi connectivity index (χ2v) is 10.5. The SMILES string of the molecule is CC1CN(c2ncc3c4c(c(-c5ncc(F)c6sc(N)c(C#N)c56)c(Cl)c3n2)COC4)CC1C. The van der Waals surface area contributed by atoms with E-state index < -0.39 is 5.82 Å². The summed E-state index contributed by atoms with van der Waals surface area (Å²) in [5.41, 5.74) is 9.66. The topological polar surface area (TPSA) is 101 Å². The Bertz CT molecular complexity index is 1540. The summed E-state index contributed by atoms with van der Waals surface area (Å²) >= 11 is 8.06. The van der Waals surface area contributed by atoms with E-state index in [1.165, 1.54) is 0 Å². The van der Waals surface area contributed by atoms with E-state index in [9.17, 15) is 9.65 Å². The number of nitrogens with two attached hydrogens (primary N) is 1. The van der Waals surface area contributed by atoms with E-state index in [1.54, 1.807) is 0 Å². The minimum atomic E-state index is -0.524. The van der Waals surface area contributed by atoms with Crippen LogP contribution in [0, 0.1) is 29.0 Å². The average Bonchev–Trinajstić information content (AvgIpc) is 3.52. The second-order valence-electron chi connectivity index (χ2n) is 9.04.